The Labute approximate surface area is 171 Å². The van der Waals surface area contributed by atoms with Gasteiger partial charge in [0.15, 0.2) is 6.04 Å². The van der Waals surface area contributed by atoms with Gasteiger partial charge in [-0.05, 0) is 30.2 Å². The van der Waals surface area contributed by atoms with Crippen molar-refractivity contribution in [3.63, 3.8) is 0 Å². The van der Waals surface area contributed by atoms with Gasteiger partial charge >= 0.3 is 0 Å². The number of carboxylic acids is 1. The summed E-state index contributed by atoms with van der Waals surface area (Å²) in [5.74, 6) is -1.10. The van der Waals surface area contributed by atoms with E-state index in [0.717, 1.165) is 37.9 Å². The summed E-state index contributed by atoms with van der Waals surface area (Å²) >= 11 is 0. The SMILES string of the molecule is NC(=O)[C@@H]1CCC[NH+]1CC[C@H]1CN(C(=O)Cc2ccccc2)CC[C@H]1CC(=O)[O-]. The molecule has 0 saturated carbocycles. The van der Waals surface area contributed by atoms with E-state index >= 15 is 0 Å². The summed E-state index contributed by atoms with van der Waals surface area (Å²) in [5.41, 5.74) is 6.51. The minimum atomic E-state index is -1.03. The molecule has 3 N–H and O–H groups in total. The van der Waals surface area contributed by atoms with Crippen LogP contribution in [0.1, 0.15) is 37.7 Å². The number of hydrogen-bond acceptors (Lipinski definition) is 4. The normalized spacial score (nSPS) is 27.0. The highest BCUT2D eigenvalue weighted by atomic mass is 16.4. The van der Waals surface area contributed by atoms with Gasteiger partial charge < -0.3 is 25.4 Å². The smallest absolute Gasteiger partial charge is 0.275 e. The quantitative estimate of drug-likeness (QED) is 0.568. The average molecular weight is 402 g/mol. The Kier molecular flexibility index (Phi) is 7.25. The van der Waals surface area contributed by atoms with Crippen molar-refractivity contribution < 1.29 is 24.4 Å². The van der Waals surface area contributed by atoms with Gasteiger partial charge in [-0.3, -0.25) is 9.59 Å². The largest absolute Gasteiger partial charge is 0.550 e. The molecular formula is C22H31N3O4. The Bertz CT molecular complexity index is 724. The van der Waals surface area contributed by atoms with Gasteiger partial charge in [-0.1, -0.05) is 30.3 Å². The number of quaternary nitrogens is 1. The fraction of sp³-hybridized carbons (Fsp3) is 0.591. The van der Waals surface area contributed by atoms with Crippen LogP contribution < -0.4 is 15.7 Å². The number of nitrogens with two attached hydrogens (primary N) is 1. The van der Waals surface area contributed by atoms with Crippen molar-refractivity contribution in [3.05, 3.63) is 35.9 Å². The highest BCUT2D eigenvalue weighted by Gasteiger charge is 2.36. The lowest BCUT2D eigenvalue weighted by Crippen LogP contribution is -3.15. The molecule has 29 heavy (non-hydrogen) atoms. The molecule has 3 rings (SSSR count). The molecule has 4 atom stereocenters. The first-order chi connectivity index (χ1) is 13.9. The zero-order valence-electron chi connectivity index (χ0n) is 16.8. The number of hydrogen-bond donors (Lipinski definition) is 2. The van der Waals surface area contributed by atoms with E-state index in [4.69, 9.17) is 5.73 Å². The van der Waals surface area contributed by atoms with Gasteiger partial charge in [0.2, 0.25) is 5.91 Å². The second-order valence-electron chi connectivity index (χ2n) is 8.43. The second kappa shape index (κ2) is 9.87. The third kappa shape index (κ3) is 5.79. The lowest BCUT2D eigenvalue weighted by molar-refractivity contribution is -0.903. The predicted molar refractivity (Wildman–Crippen MR) is 105 cm³/mol. The number of nitrogens with one attached hydrogen (secondary N) is 1. The highest BCUT2D eigenvalue weighted by molar-refractivity contribution is 5.79. The first kappa shape index (κ1) is 21.3. The molecule has 0 aliphatic carbocycles. The van der Waals surface area contributed by atoms with E-state index in [9.17, 15) is 19.5 Å². The topological polar surface area (TPSA) is 108 Å². The first-order valence-electron chi connectivity index (χ1n) is 10.6. The molecular weight excluding hydrogens is 370 g/mol. The summed E-state index contributed by atoms with van der Waals surface area (Å²) < 4.78 is 0. The van der Waals surface area contributed by atoms with Crippen molar-refractivity contribution in [2.45, 2.75) is 44.6 Å². The third-order valence-corrected chi connectivity index (χ3v) is 6.53. The van der Waals surface area contributed by atoms with Crippen LogP contribution in [0.2, 0.25) is 0 Å². The number of primary amides is 1. The van der Waals surface area contributed by atoms with Crippen LogP contribution in [0.15, 0.2) is 30.3 Å². The van der Waals surface area contributed by atoms with Crippen molar-refractivity contribution in [2.75, 3.05) is 26.2 Å². The molecule has 2 aliphatic heterocycles. The number of rotatable bonds is 8. The van der Waals surface area contributed by atoms with Gasteiger partial charge in [-0.25, -0.2) is 0 Å². The molecule has 2 fully saturated rings. The number of carbonyl (C=O) groups excluding carboxylic acids is 3. The number of amides is 2. The van der Waals surface area contributed by atoms with Gasteiger partial charge in [0, 0.05) is 38.3 Å². The fourth-order valence-corrected chi connectivity index (χ4v) is 4.92. The maximum absolute atomic E-state index is 12.8. The summed E-state index contributed by atoms with van der Waals surface area (Å²) in [7, 11) is 0. The zero-order valence-corrected chi connectivity index (χ0v) is 16.8. The highest BCUT2D eigenvalue weighted by Crippen LogP contribution is 2.29. The van der Waals surface area contributed by atoms with Gasteiger partial charge in [0.05, 0.1) is 19.5 Å². The van der Waals surface area contributed by atoms with E-state index in [2.05, 4.69) is 0 Å². The maximum Gasteiger partial charge on any atom is 0.275 e. The average Bonchev–Trinajstić information content (AvgIpc) is 3.16. The summed E-state index contributed by atoms with van der Waals surface area (Å²) in [4.78, 5) is 38.7. The number of carboxylic acid groups (broad SMARTS) is 1. The number of carbonyl (C=O) groups is 3. The number of aliphatic carboxylic acids is 1. The standard InChI is InChI=1S/C22H31N3O4/c23-22(29)19-7-4-10-24(19)11-9-18-15-25(12-8-17(18)14-21(27)28)20(26)13-16-5-2-1-3-6-16/h1-3,5-6,17-19H,4,7-15H2,(H2,23,29)(H,27,28)/t17-,18-,19-/m0/s1. The number of likely N-dealkylation sites (tertiary alicyclic amines) is 2. The zero-order chi connectivity index (χ0) is 20.8. The van der Waals surface area contributed by atoms with Crippen molar-refractivity contribution in [3.8, 4) is 0 Å². The minimum Gasteiger partial charge on any atom is -0.550 e. The van der Waals surface area contributed by atoms with Crippen LogP contribution in [-0.2, 0) is 20.8 Å². The molecule has 7 heteroatoms. The van der Waals surface area contributed by atoms with Gasteiger partial charge in [-0.15, -0.1) is 0 Å². The lowest BCUT2D eigenvalue weighted by Gasteiger charge is -2.39. The molecule has 1 aromatic rings. The van der Waals surface area contributed by atoms with E-state index in [0.29, 0.717) is 25.9 Å². The third-order valence-electron chi connectivity index (χ3n) is 6.53. The molecule has 1 aromatic carbocycles. The monoisotopic (exact) mass is 401 g/mol. The van der Waals surface area contributed by atoms with Crippen LogP contribution in [0.4, 0.5) is 0 Å². The van der Waals surface area contributed by atoms with Gasteiger partial charge in [-0.2, -0.15) is 0 Å². The molecule has 158 valence electrons. The predicted octanol–water partition coefficient (Wildman–Crippen LogP) is -1.24. The Hall–Kier alpha value is -2.41. The van der Waals surface area contributed by atoms with Crippen LogP contribution in [0, 0.1) is 11.8 Å². The molecule has 2 aliphatic rings. The van der Waals surface area contributed by atoms with E-state index in [1.54, 1.807) is 0 Å². The Morgan fingerprint density at radius 1 is 1.14 bits per heavy atom. The molecule has 0 spiro atoms. The van der Waals surface area contributed by atoms with Crippen LogP contribution >= 0.6 is 0 Å². The Morgan fingerprint density at radius 3 is 2.59 bits per heavy atom. The molecule has 2 heterocycles. The molecule has 0 bridgehead atoms. The molecule has 0 radical (unpaired) electrons. The maximum atomic E-state index is 12.8. The summed E-state index contributed by atoms with van der Waals surface area (Å²) in [6.45, 7) is 2.85. The molecule has 7 nitrogen and oxygen atoms in total. The van der Waals surface area contributed by atoms with Crippen LogP contribution in [-0.4, -0.2) is 54.9 Å². The van der Waals surface area contributed by atoms with Crippen LogP contribution in [0.25, 0.3) is 0 Å². The second-order valence-corrected chi connectivity index (χ2v) is 8.43. The van der Waals surface area contributed by atoms with E-state index in [-0.39, 0.29) is 36.1 Å². The summed E-state index contributed by atoms with van der Waals surface area (Å²) in [6, 6.07) is 9.51. The Morgan fingerprint density at radius 2 is 1.90 bits per heavy atom. The fourth-order valence-electron chi connectivity index (χ4n) is 4.92. The van der Waals surface area contributed by atoms with E-state index < -0.39 is 5.97 Å². The number of piperidine rings is 1. The number of nitrogens with zero attached hydrogens (tertiary/aromatic N) is 1. The Balaban J connectivity index is 1.61. The van der Waals surface area contributed by atoms with Gasteiger partial charge in [0.1, 0.15) is 0 Å². The van der Waals surface area contributed by atoms with Crippen LogP contribution in [0.3, 0.4) is 0 Å². The first-order valence-corrected chi connectivity index (χ1v) is 10.6. The van der Waals surface area contributed by atoms with Crippen LogP contribution in [0.5, 0.6) is 0 Å². The minimum absolute atomic E-state index is 0.00908. The molecule has 2 amide bonds. The molecule has 2 saturated heterocycles. The number of benzene rings is 1. The summed E-state index contributed by atoms with van der Waals surface area (Å²) in [6.07, 6.45) is 3.65. The van der Waals surface area contributed by atoms with Crippen molar-refractivity contribution in [2.24, 2.45) is 17.6 Å². The van der Waals surface area contributed by atoms with Crippen molar-refractivity contribution >= 4 is 17.8 Å². The van der Waals surface area contributed by atoms with Crippen molar-refractivity contribution in [1.82, 2.24) is 4.90 Å². The van der Waals surface area contributed by atoms with Crippen molar-refractivity contribution in [1.29, 1.82) is 0 Å². The van der Waals surface area contributed by atoms with E-state index in [1.807, 2.05) is 35.2 Å². The summed E-state index contributed by atoms with van der Waals surface area (Å²) in [5, 5.41) is 11.2. The van der Waals surface area contributed by atoms with E-state index in [1.165, 1.54) is 4.90 Å². The lowest BCUT2D eigenvalue weighted by atomic mass is 9.81. The van der Waals surface area contributed by atoms with Gasteiger partial charge in [0.25, 0.3) is 5.91 Å². The molecule has 1 unspecified atom stereocenters. The molecule has 0 aromatic heterocycles.